The summed E-state index contributed by atoms with van der Waals surface area (Å²) in [6, 6.07) is 10.7. The molecule has 0 radical (unpaired) electrons. The monoisotopic (exact) mass is 298 g/mol. The third kappa shape index (κ3) is 2.83. The van der Waals surface area contributed by atoms with E-state index in [9.17, 15) is 4.79 Å². The fraction of sp³-hybridized carbons (Fsp3) is 0.0667. The van der Waals surface area contributed by atoms with Crippen LogP contribution in [0.1, 0.15) is 16.1 Å². The van der Waals surface area contributed by atoms with E-state index in [4.69, 9.17) is 11.6 Å². The second kappa shape index (κ2) is 5.46. The van der Waals surface area contributed by atoms with Crippen molar-refractivity contribution in [3.8, 4) is 0 Å². The van der Waals surface area contributed by atoms with Crippen LogP contribution in [-0.2, 0) is 0 Å². The minimum atomic E-state index is -0.258. The van der Waals surface area contributed by atoms with Crippen molar-refractivity contribution in [2.24, 2.45) is 0 Å². The van der Waals surface area contributed by atoms with Crippen molar-refractivity contribution >= 4 is 34.2 Å². The molecule has 0 atom stereocenters. The van der Waals surface area contributed by atoms with E-state index in [2.05, 4.69) is 20.3 Å². The van der Waals surface area contributed by atoms with Crippen LogP contribution in [0.5, 0.6) is 0 Å². The molecule has 0 saturated carbocycles. The molecular formula is C15H11ClN4O. The Morgan fingerprint density at radius 3 is 2.81 bits per heavy atom. The van der Waals surface area contributed by atoms with Gasteiger partial charge in [-0.15, -0.1) is 0 Å². The maximum atomic E-state index is 12.4. The van der Waals surface area contributed by atoms with Gasteiger partial charge in [0.05, 0.1) is 11.1 Å². The molecular weight excluding hydrogens is 288 g/mol. The lowest BCUT2D eigenvalue weighted by Crippen LogP contribution is -2.14. The van der Waals surface area contributed by atoms with Crippen molar-refractivity contribution < 1.29 is 4.79 Å². The molecule has 3 rings (SSSR count). The number of rotatable bonds is 2. The second-order valence-electron chi connectivity index (χ2n) is 4.51. The summed E-state index contributed by atoms with van der Waals surface area (Å²) in [7, 11) is 0. The lowest BCUT2D eigenvalue weighted by Gasteiger charge is -2.08. The molecule has 0 saturated heterocycles. The van der Waals surface area contributed by atoms with Crippen molar-refractivity contribution in [2.45, 2.75) is 6.92 Å². The van der Waals surface area contributed by atoms with E-state index in [1.807, 2.05) is 31.2 Å². The van der Waals surface area contributed by atoms with Crippen LogP contribution in [-0.4, -0.2) is 20.9 Å². The zero-order valence-electron chi connectivity index (χ0n) is 11.2. The fourth-order valence-corrected chi connectivity index (χ4v) is 2.23. The van der Waals surface area contributed by atoms with Crippen LogP contribution >= 0.6 is 11.6 Å². The number of nitrogens with one attached hydrogen (secondary N) is 1. The van der Waals surface area contributed by atoms with E-state index in [1.165, 1.54) is 12.4 Å². The summed E-state index contributed by atoms with van der Waals surface area (Å²) in [5.74, 6) is 0.102. The lowest BCUT2D eigenvalue weighted by atomic mass is 10.1. The molecule has 104 valence electrons. The van der Waals surface area contributed by atoms with Gasteiger partial charge in [0.25, 0.3) is 5.91 Å². The van der Waals surface area contributed by atoms with Gasteiger partial charge in [-0.25, -0.2) is 9.97 Å². The Hall–Kier alpha value is -2.53. The van der Waals surface area contributed by atoms with Gasteiger partial charge in [-0.2, -0.15) is 0 Å². The molecule has 0 unspecified atom stereocenters. The molecule has 3 aromatic rings. The maximum Gasteiger partial charge on any atom is 0.257 e. The quantitative estimate of drug-likeness (QED) is 0.738. The molecule has 0 spiro atoms. The summed E-state index contributed by atoms with van der Waals surface area (Å²) >= 11 is 5.78. The molecule has 1 N–H and O–H groups in total. The predicted molar refractivity (Wildman–Crippen MR) is 81.5 cm³/mol. The zero-order chi connectivity index (χ0) is 14.8. The lowest BCUT2D eigenvalue weighted by molar-refractivity contribution is 0.102. The number of anilines is 1. The number of aromatic nitrogens is 3. The van der Waals surface area contributed by atoms with E-state index >= 15 is 0 Å². The molecule has 0 aliphatic heterocycles. The van der Waals surface area contributed by atoms with E-state index in [1.54, 1.807) is 6.07 Å². The summed E-state index contributed by atoms with van der Waals surface area (Å²) in [4.78, 5) is 24.6. The van der Waals surface area contributed by atoms with E-state index in [0.717, 1.165) is 16.6 Å². The van der Waals surface area contributed by atoms with Gasteiger partial charge in [-0.05, 0) is 19.1 Å². The van der Waals surface area contributed by atoms with Gasteiger partial charge in [-0.1, -0.05) is 29.8 Å². The molecule has 6 heteroatoms. The molecule has 0 fully saturated rings. The third-order valence-corrected chi connectivity index (χ3v) is 3.17. The number of benzene rings is 1. The molecule has 0 aliphatic rings. The first kappa shape index (κ1) is 13.5. The normalized spacial score (nSPS) is 10.6. The van der Waals surface area contributed by atoms with E-state index in [0.29, 0.717) is 11.4 Å². The molecule has 5 nitrogen and oxygen atoms in total. The summed E-state index contributed by atoms with van der Waals surface area (Å²) < 4.78 is 0. The first-order valence-corrected chi connectivity index (χ1v) is 6.66. The molecule has 0 aliphatic carbocycles. The van der Waals surface area contributed by atoms with Crippen LogP contribution < -0.4 is 5.32 Å². The first-order valence-electron chi connectivity index (χ1n) is 6.29. The van der Waals surface area contributed by atoms with Crippen LogP contribution in [0.3, 0.4) is 0 Å². The minimum Gasteiger partial charge on any atom is -0.306 e. The Labute approximate surface area is 126 Å². The van der Waals surface area contributed by atoms with Gasteiger partial charge in [-0.3, -0.25) is 9.78 Å². The average molecular weight is 299 g/mol. The van der Waals surface area contributed by atoms with E-state index < -0.39 is 0 Å². The van der Waals surface area contributed by atoms with Crippen molar-refractivity contribution in [1.82, 2.24) is 15.0 Å². The Morgan fingerprint density at radius 2 is 2.00 bits per heavy atom. The standard InChI is InChI=1S/C15H11ClN4O/c1-9-6-11(10-4-2-3-5-12(10)19-9)15(21)20-14-7-13(16)17-8-18-14/h2-8H,1H3,(H,17,18,20,21). The third-order valence-electron chi connectivity index (χ3n) is 2.96. The van der Waals surface area contributed by atoms with Crippen molar-refractivity contribution in [3.63, 3.8) is 0 Å². The number of para-hydroxylation sites is 1. The number of carbonyl (C=O) groups excluding carboxylic acids is 1. The van der Waals surface area contributed by atoms with Gasteiger partial charge >= 0.3 is 0 Å². The number of aryl methyl sites for hydroxylation is 1. The van der Waals surface area contributed by atoms with Crippen LogP contribution in [0.25, 0.3) is 10.9 Å². The Kier molecular flexibility index (Phi) is 3.50. The predicted octanol–water partition coefficient (Wildman–Crippen LogP) is 3.24. The number of nitrogens with zero attached hydrogens (tertiary/aromatic N) is 3. The smallest absolute Gasteiger partial charge is 0.257 e. The van der Waals surface area contributed by atoms with Gasteiger partial charge in [0, 0.05) is 17.1 Å². The highest BCUT2D eigenvalue weighted by Crippen LogP contribution is 2.19. The summed E-state index contributed by atoms with van der Waals surface area (Å²) in [5, 5.41) is 3.78. The highest BCUT2D eigenvalue weighted by Gasteiger charge is 2.12. The Bertz CT molecular complexity index is 835. The summed E-state index contributed by atoms with van der Waals surface area (Å²) in [6.07, 6.45) is 1.30. The van der Waals surface area contributed by atoms with Crippen LogP contribution in [0.2, 0.25) is 5.15 Å². The topological polar surface area (TPSA) is 67.8 Å². The van der Waals surface area contributed by atoms with Crippen LogP contribution in [0.4, 0.5) is 5.82 Å². The molecule has 2 aromatic heterocycles. The SMILES string of the molecule is Cc1cc(C(=O)Nc2cc(Cl)ncn2)c2ccccc2n1. The number of hydrogen-bond acceptors (Lipinski definition) is 4. The highest BCUT2D eigenvalue weighted by atomic mass is 35.5. The fourth-order valence-electron chi connectivity index (χ4n) is 2.08. The van der Waals surface area contributed by atoms with Gasteiger partial charge < -0.3 is 5.32 Å². The second-order valence-corrected chi connectivity index (χ2v) is 4.90. The molecule has 1 amide bonds. The van der Waals surface area contributed by atoms with Crippen molar-refractivity contribution in [2.75, 3.05) is 5.32 Å². The van der Waals surface area contributed by atoms with Gasteiger partial charge in [0.1, 0.15) is 17.3 Å². The molecule has 21 heavy (non-hydrogen) atoms. The van der Waals surface area contributed by atoms with E-state index in [-0.39, 0.29) is 11.1 Å². The average Bonchev–Trinajstić information content (AvgIpc) is 2.46. The number of hydrogen-bond donors (Lipinski definition) is 1. The number of carbonyl (C=O) groups is 1. The largest absolute Gasteiger partial charge is 0.306 e. The Balaban J connectivity index is 2.02. The molecule has 0 bridgehead atoms. The van der Waals surface area contributed by atoms with Crippen molar-refractivity contribution in [3.05, 3.63) is 59.1 Å². The van der Waals surface area contributed by atoms with Crippen LogP contribution in [0, 0.1) is 6.92 Å². The van der Waals surface area contributed by atoms with Gasteiger partial charge in [0.15, 0.2) is 0 Å². The number of halogens is 1. The van der Waals surface area contributed by atoms with Gasteiger partial charge in [0.2, 0.25) is 0 Å². The zero-order valence-corrected chi connectivity index (χ0v) is 11.9. The number of pyridine rings is 1. The number of fused-ring (bicyclic) bond motifs is 1. The van der Waals surface area contributed by atoms with Crippen LogP contribution in [0.15, 0.2) is 42.7 Å². The van der Waals surface area contributed by atoms with Crippen molar-refractivity contribution in [1.29, 1.82) is 0 Å². The molecule has 2 heterocycles. The minimum absolute atomic E-state index is 0.258. The maximum absolute atomic E-state index is 12.4. The number of amides is 1. The molecule has 1 aromatic carbocycles. The highest BCUT2D eigenvalue weighted by molar-refractivity contribution is 6.29. The summed E-state index contributed by atoms with van der Waals surface area (Å²) in [5.41, 5.74) is 2.11. The first-order chi connectivity index (χ1) is 10.1. The Morgan fingerprint density at radius 1 is 1.19 bits per heavy atom. The summed E-state index contributed by atoms with van der Waals surface area (Å²) in [6.45, 7) is 1.85.